The quantitative estimate of drug-likeness (QED) is 0.634. The van der Waals surface area contributed by atoms with Crippen LogP contribution in [-0.4, -0.2) is 38.7 Å². The van der Waals surface area contributed by atoms with Crippen LogP contribution < -0.4 is 18.9 Å². The monoisotopic (exact) mass is 456 g/mol. The van der Waals surface area contributed by atoms with Crippen LogP contribution in [0.15, 0.2) is 0 Å². The maximum atomic E-state index is 10.7. The molecule has 0 radical (unpaired) electrons. The lowest BCUT2D eigenvalue weighted by atomic mass is 9.77. The summed E-state index contributed by atoms with van der Waals surface area (Å²) in [6.45, 7) is 4.22. The summed E-state index contributed by atoms with van der Waals surface area (Å²) in [7, 11) is 5.83. The van der Waals surface area contributed by atoms with Crippen LogP contribution in [0.2, 0.25) is 10.0 Å². The summed E-state index contributed by atoms with van der Waals surface area (Å²) in [4.78, 5) is 0. The number of halogens is 2. The minimum atomic E-state index is -0.187. The van der Waals surface area contributed by atoms with E-state index in [4.69, 9.17) is 42.1 Å². The molecule has 0 saturated carbocycles. The van der Waals surface area contributed by atoms with Gasteiger partial charge in [0.1, 0.15) is 0 Å². The second-order valence-electron chi connectivity index (χ2n) is 7.53. The zero-order chi connectivity index (χ0) is 22.3. The molecule has 0 unspecified atom stereocenters. The van der Waals surface area contributed by atoms with Crippen LogP contribution in [0.4, 0.5) is 0 Å². The summed E-state index contributed by atoms with van der Waals surface area (Å²) in [5, 5.41) is 21.8. The van der Waals surface area contributed by atoms with Crippen molar-refractivity contribution in [3.63, 3.8) is 0 Å². The number of hydrogen-bond donors (Lipinski definition) is 2. The summed E-state index contributed by atoms with van der Waals surface area (Å²) in [6.07, 6.45) is 1.18. The van der Waals surface area contributed by atoms with Crippen molar-refractivity contribution in [1.29, 1.82) is 0 Å². The van der Waals surface area contributed by atoms with Crippen molar-refractivity contribution in [2.24, 2.45) is 11.8 Å². The molecule has 0 fully saturated rings. The predicted octanol–water partition coefficient (Wildman–Crippen LogP) is 5.48. The molecule has 0 aromatic heterocycles. The SMILES string of the molecule is COc1c(O)c(Cl)c2c(c1OC)-c1c(c(Cl)c(O)c(OC)c1OC)C[C@H](C)[C@H](C)C2. The maximum absolute atomic E-state index is 10.7. The first-order chi connectivity index (χ1) is 14.2. The molecule has 1 aliphatic rings. The highest BCUT2D eigenvalue weighted by Crippen LogP contribution is 2.59. The normalized spacial score (nSPS) is 18.0. The zero-order valence-corrected chi connectivity index (χ0v) is 19.4. The Morgan fingerprint density at radius 2 is 0.933 bits per heavy atom. The van der Waals surface area contributed by atoms with Gasteiger partial charge in [-0.2, -0.15) is 0 Å². The van der Waals surface area contributed by atoms with E-state index < -0.39 is 0 Å². The fourth-order valence-corrected chi connectivity index (χ4v) is 4.66. The molecule has 3 rings (SSSR count). The van der Waals surface area contributed by atoms with Crippen molar-refractivity contribution in [2.75, 3.05) is 28.4 Å². The molecule has 0 amide bonds. The third-order valence-electron chi connectivity index (χ3n) is 5.94. The van der Waals surface area contributed by atoms with Crippen molar-refractivity contribution in [3.05, 3.63) is 21.2 Å². The third-order valence-corrected chi connectivity index (χ3v) is 6.75. The van der Waals surface area contributed by atoms with E-state index in [1.54, 1.807) is 0 Å². The number of hydrogen-bond acceptors (Lipinski definition) is 6. The number of phenolic OH excluding ortho intramolecular Hbond substituents is 2. The molecule has 0 saturated heterocycles. The van der Waals surface area contributed by atoms with Crippen molar-refractivity contribution in [1.82, 2.24) is 0 Å². The molecule has 0 bridgehead atoms. The minimum absolute atomic E-state index is 0.110. The average Bonchev–Trinajstić information content (AvgIpc) is 2.73. The third kappa shape index (κ3) is 3.26. The largest absolute Gasteiger partial charge is 0.503 e. The van der Waals surface area contributed by atoms with Crippen LogP contribution in [0.3, 0.4) is 0 Å². The topological polar surface area (TPSA) is 77.4 Å². The molecule has 0 spiro atoms. The fraction of sp³-hybridized carbons (Fsp3) is 0.455. The van der Waals surface area contributed by atoms with E-state index in [9.17, 15) is 10.2 Å². The van der Waals surface area contributed by atoms with Crippen LogP contribution >= 0.6 is 23.2 Å². The summed E-state index contributed by atoms with van der Waals surface area (Å²) >= 11 is 13.3. The van der Waals surface area contributed by atoms with Gasteiger partial charge in [0.25, 0.3) is 0 Å². The van der Waals surface area contributed by atoms with Crippen LogP contribution in [0, 0.1) is 11.8 Å². The van der Waals surface area contributed by atoms with E-state index in [0.717, 1.165) is 0 Å². The van der Waals surface area contributed by atoms with E-state index in [-0.39, 0.29) is 44.9 Å². The highest BCUT2D eigenvalue weighted by molar-refractivity contribution is 6.35. The number of fused-ring (bicyclic) bond motifs is 3. The minimum Gasteiger partial charge on any atom is -0.503 e. The molecular weight excluding hydrogens is 431 g/mol. The van der Waals surface area contributed by atoms with Gasteiger partial charge >= 0.3 is 0 Å². The van der Waals surface area contributed by atoms with Gasteiger partial charge < -0.3 is 29.2 Å². The lowest BCUT2D eigenvalue weighted by Crippen LogP contribution is -2.19. The van der Waals surface area contributed by atoms with Crippen LogP contribution in [0.5, 0.6) is 34.5 Å². The molecule has 2 aromatic rings. The lowest BCUT2D eigenvalue weighted by molar-refractivity contribution is 0.326. The second kappa shape index (κ2) is 8.52. The van der Waals surface area contributed by atoms with Crippen molar-refractivity contribution in [2.45, 2.75) is 26.7 Å². The van der Waals surface area contributed by atoms with Gasteiger partial charge in [0.05, 0.1) is 38.5 Å². The maximum Gasteiger partial charge on any atom is 0.205 e. The first-order valence-corrected chi connectivity index (χ1v) is 10.3. The Kier molecular flexibility index (Phi) is 6.39. The molecule has 6 nitrogen and oxygen atoms in total. The van der Waals surface area contributed by atoms with Crippen LogP contribution in [-0.2, 0) is 12.8 Å². The first-order valence-electron chi connectivity index (χ1n) is 9.54. The Labute approximate surface area is 186 Å². The van der Waals surface area contributed by atoms with Gasteiger partial charge in [-0.15, -0.1) is 0 Å². The number of methoxy groups -OCH3 is 4. The van der Waals surface area contributed by atoms with E-state index in [1.807, 2.05) is 0 Å². The molecule has 2 aromatic carbocycles. The Hall–Kier alpha value is -2.18. The molecule has 1 aliphatic carbocycles. The standard InChI is InChI=1S/C22H26Cl2O6/c1-9-7-11-13(19(27-3)21(29-5)17(25)15(11)23)14-12(8-10(9)2)16(24)18(26)22(30-6)20(14)28-4/h9-10,25-26H,7-8H2,1-6H3/t9-,10+. The first kappa shape index (κ1) is 22.5. The summed E-state index contributed by atoms with van der Waals surface area (Å²) < 4.78 is 22.2. The summed E-state index contributed by atoms with van der Waals surface area (Å²) in [6, 6.07) is 0. The fourth-order valence-electron chi connectivity index (χ4n) is 4.15. The molecular formula is C22H26Cl2O6. The van der Waals surface area contributed by atoms with Gasteiger partial charge in [-0.1, -0.05) is 37.0 Å². The highest BCUT2D eigenvalue weighted by Gasteiger charge is 2.36. The van der Waals surface area contributed by atoms with Gasteiger partial charge in [0, 0.05) is 11.1 Å². The van der Waals surface area contributed by atoms with Crippen molar-refractivity contribution in [3.8, 4) is 45.6 Å². The second-order valence-corrected chi connectivity index (χ2v) is 8.28. The van der Waals surface area contributed by atoms with Gasteiger partial charge in [-0.3, -0.25) is 0 Å². The number of benzene rings is 2. The Morgan fingerprint density at radius 3 is 1.20 bits per heavy atom. The molecule has 2 N–H and O–H groups in total. The van der Waals surface area contributed by atoms with E-state index in [1.165, 1.54) is 28.4 Å². The smallest absolute Gasteiger partial charge is 0.205 e. The molecule has 8 heteroatoms. The van der Waals surface area contributed by atoms with E-state index in [0.29, 0.717) is 46.6 Å². The molecule has 2 atom stereocenters. The van der Waals surface area contributed by atoms with Gasteiger partial charge in [-0.05, 0) is 35.8 Å². The summed E-state index contributed by atoms with van der Waals surface area (Å²) in [5.74, 6) is 0.868. The van der Waals surface area contributed by atoms with E-state index in [2.05, 4.69) is 13.8 Å². The number of ether oxygens (including phenoxy) is 4. The number of phenols is 2. The number of aromatic hydroxyl groups is 2. The predicted molar refractivity (Wildman–Crippen MR) is 117 cm³/mol. The van der Waals surface area contributed by atoms with Gasteiger partial charge in [0.2, 0.25) is 11.5 Å². The highest BCUT2D eigenvalue weighted by atomic mass is 35.5. The van der Waals surface area contributed by atoms with Crippen molar-refractivity contribution >= 4 is 23.2 Å². The summed E-state index contributed by atoms with van der Waals surface area (Å²) in [5.41, 5.74) is 2.58. The Balaban J connectivity index is 2.62. The lowest BCUT2D eigenvalue weighted by Gasteiger charge is -2.31. The van der Waals surface area contributed by atoms with Crippen LogP contribution in [0.1, 0.15) is 25.0 Å². The molecule has 0 aliphatic heterocycles. The molecule has 30 heavy (non-hydrogen) atoms. The average molecular weight is 457 g/mol. The van der Waals surface area contributed by atoms with E-state index >= 15 is 0 Å². The zero-order valence-electron chi connectivity index (χ0n) is 17.9. The number of rotatable bonds is 4. The van der Waals surface area contributed by atoms with Gasteiger partial charge in [0.15, 0.2) is 23.0 Å². The van der Waals surface area contributed by atoms with Crippen LogP contribution in [0.25, 0.3) is 11.1 Å². The molecule has 0 heterocycles. The Bertz CT molecular complexity index is 910. The van der Waals surface area contributed by atoms with Gasteiger partial charge in [-0.25, -0.2) is 0 Å². The Morgan fingerprint density at radius 1 is 0.633 bits per heavy atom. The van der Waals surface area contributed by atoms with Crippen molar-refractivity contribution < 1.29 is 29.2 Å². The molecule has 164 valence electrons.